The molecule has 2 aromatic carbocycles. The number of primary amides is 1. The predicted molar refractivity (Wildman–Crippen MR) is 112 cm³/mol. The van der Waals surface area contributed by atoms with Crippen LogP contribution >= 0.6 is 0 Å². The number of likely N-dealkylation sites (tertiary alicyclic amines) is 1. The summed E-state index contributed by atoms with van der Waals surface area (Å²) in [6.45, 7) is 1.92. The molecule has 1 amide bonds. The van der Waals surface area contributed by atoms with Crippen molar-refractivity contribution in [2.24, 2.45) is 5.73 Å². The number of benzene rings is 2. The first-order chi connectivity index (χ1) is 15.5. The first kappa shape index (κ1) is 21.6. The number of aromatic nitrogens is 1. The summed E-state index contributed by atoms with van der Waals surface area (Å²) in [5.41, 5.74) is 5.13. The summed E-state index contributed by atoms with van der Waals surface area (Å²) in [7, 11) is 0. The Morgan fingerprint density at radius 3 is 2.59 bits per heavy atom. The minimum absolute atomic E-state index is 0.00703. The number of nitrogens with two attached hydrogens (primary N) is 1. The van der Waals surface area contributed by atoms with E-state index in [1.807, 2.05) is 0 Å². The van der Waals surface area contributed by atoms with Crippen molar-refractivity contribution in [3.05, 3.63) is 59.8 Å². The van der Waals surface area contributed by atoms with E-state index in [1.165, 1.54) is 6.07 Å². The minimum Gasteiger partial charge on any atom is -0.492 e. The number of nitrogens with zero attached hydrogens (tertiary/aromatic N) is 2. The number of carbonyl (C=O) groups excluding carboxylic acids is 2. The fourth-order valence-electron chi connectivity index (χ4n) is 3.76. The molecule has 0 spiro atoms. The van der Waals surface area contributed by atoms with Gasteiger partial charge in [0.15, 0.2) is 11.5 Å². The zero-order valence-electron chi connectivity index (χ0n) is 17.1. The van der Waals surface area contributed by atoms with Gasteiger partial charge in [-0.15, -0.1) is 0 Å². The second-order valence-corrected chi connectivity index (χ2v) is 7.41. The third-order valence-electron chi connectivity index (χ3n) is 5.37. The SMILES string of the molecule is NC(=O)c1nc(-c2c(F)cccc2F)oc1-c1ccc(OCCN2CCCC2C=O)cc1. The molecule has 0 bridgehead atoms. The molecule has 1 fully saturated rings. The van der Waals surface area contributed by atoms with E-state index in [0.717, 1.165) is 37.8 Å². The van der Waals surface area contributed by atoms with E-state index in [2.05, 4.69) is 9.88 Å². The lowest BCUT2D eigenvalue weighted by atomic mass is 10.1. The Hall–Kier alpha value is -3.59. The third-order valence-corrected chi connectivity index (χ3v) is 5.37. The maximum atomic E-state index is 14.1. The second kappa shape index (κ2) is 9.27. The number of rotatable bonds is 8. The van der Waals surface area contributed by atoms with E-state index in [0.29, 0.717) is 24.5 Å². The number of aldehydes is 1. The van der Waals surface area contributed by atoms with Crippen LogP contribution < -0.4 is 10.5 Å². The van der Waals surface area contributed by atoms with Crippen LogP contribution in [-0.2, 0) is 4.79 Å². The van der Waals surface area contributed by atoms with Gasteiger partial charge in [-0.05, 0) is 55.8 Å². The summed E-state index contributed by atoms with van der Waals surface area (Å²) in [5, 5.41) is 0. The van der Waals surface area contributed by atoms with Gasteiger partial charge in [-0.25, -0.2) is 13.8 Å². The van der Waals surface area contributed by atoms with Crippen LogP contribution in [0.25, 0.3) is 22.8 Å². The van der Waals surface area contributed by atoms with Gasteiger partial charge >= 0.3 is 0 Å². The number of ether oxygens (including phenoxy) is 1. The van der Waals surface area contributed by atoms with Gasteiger partial charge in [-0.3, -0.25) is 9.69 Å². The zero-order chi connectivity index (χ0) is 22.7. The second-order valence-electron chi connectivity index (χ2n) is 7.41. The molecule has 7 nitrogen and oxygen atoms in total. The van der Waals surface area contributed by atoms with Gasteiger partial charge in [0.05, 0.1) is 6.04 Å². The fourth-order valence-corrected chi connectivity index (χ4v) is 3.76. The molecule has 9 heteroatoms. The van der Waals surface area contributed by atoms with Gasteiger partial charge in [0.25, 0.3) is 5.91 Å². The van der Waals surface area contributed by atoms with Crippen molar-refractivity contribution in [3.63, 3.8) is 0 Å². The smallest absolute Gasteiger partial charge is 0.271 e. The van der Waals surface area contributed by atoms with E-state index in [4.69, 9.17) is 14.9 Å². The van der Waals surface area contributed by atoms with Gasteiger partial charge in [0, 0.05) is 12.1 Å². The van der Waals surface area contributed by atoms with Crippen molar-refractivity contribution in [2.75, 3.05) is 19.7 Å². The molecule has 1 aliphatic rings. The molecular formula is C23H21F2N3O4. The van der Waals surface area contributed by atoms with Gasteiger partial charge in [0.2, 0.25) is 5.89 Å². The van der Waals surface area contributed by atoms with Crippen LogP contribution in [0.4, 0.5) is 8.78 Å². The first-order valence-corrected chi connectivity index (χ1v) is 10.2. The average molecular weight is 441 g/mol. The predicted octanol–water partition coefficient (Wildman–Crippen LogP) is 3.43. The zero-order valence-corrected chi connectivity index (χ0v) is 17.1. The van der Waals surface area contributed by atoms with E-state index in [-0.39, 0.29) is 23.4 Å². The number of carbonyl (C=O) groups is 2. The topological polar surface area (TPSA) is 98.7 Å². The highest BCUT2D eigenvalue weighted by Crippen LogP contribution is 2.33. The van der Waals surface area contributed by atoms with Crippen molar-refractivity contribution in [1.29, 1.82) is 0 Å². The maximum Gasteiger partial charge on any atom is 0.271 e. The monoisotopic (exact) mass is 441 g/mol. The molecule has 1 unspecified atom stereocenters. The summed E-state index contributed by atoms with van der Waals surface area (Å²) >= 11 is 0. The van der Waals surface area contributed by atoms with Crippen molar-refractivity contribution in [3.8, 4) is 28.5 Å². The molecular weight excluding hydrogens is 420 g/mol. The highest BCUT2D eigenvalue weighted by molar-refractivity contribution is 5.97. The molecule has 0 aliphatic carbocycles. The highest BCUT2D eigenvalue weighted by Gasteiger charge is 2.25. The molecule has 166 valence electrons. The van der Waals surface area contributed by atoms with E-state index in [1.54, 1.807) is 24.3 Å². The van der Waals surface area contributed by atoms with Crippen LogP contribution in [0, 0.1) is 11.6 Å². The minimum atomic E-state index is -0.887. The van der Waals surface area contributed by atoms with E-state index >= 15 is 0 Å². The number of oxazole rings is 1. The van der Waals surface area contributed by atoms with Crippen LogP contribution in [0.5, 0.6) is 5.75 Å². The number of amides is 1. The fraction of sp³-hybridized carbons (Fsp3) is 0.261. The third kappa shape index (κ3) is 4.38. The molecule has 2 heterocycles. The lowest BCUT2D eigenvalue weighted by molar-refractivity contribution is -0.111. The number of hydrogen-bond donors (Lipinski definition) is 1. The average Bonchev–Trinajstić information content (AvgIpc) is 3.41. The largest absolute Gasteiger partial charge is 0.492 e. The van der Waals surface area contributed by atoms with E-state index in [9.17, 15) is 18.4 Å². The summed E-state index contributed by atoms with van der Waals surface area (Å²) < 4.78 is 39.5. The molecule has 32 heavy (non-hydrogen) atoms. The standard InChI is InChI=1S/C23H21F2N3O4/c24-17-4-1-5-18(25)19(17)23-27-20(22(26)30)21(32-23)14-6-8-16(9-7-14)31-12-11-28-10-2-3-15(28)13-29/h1,4-9,13,15H,2-3,10-12H2,(H2,26,30). The summed E-state index contributed by atoms with van der Waals surface area (Å²) in [4.78, 5) is 28.9. The Balaban J connectivity index is 1.51. The van der Waals surface area contributed by atoms with Crippen molar-refractivity contribution in [2.45, 2.75) is 18.9 Å². The Morgan fingerprint density at radius 1 is 1.22 bits per heavy atom. The number of halogens is 2. The summed E-state index contributed by atoms with van der Waals surface area (Å²) in [6.07, 6.45) is 2.84. The van der Waals surface area contributed by atoms with Crippen molar-refractivity contribution in [1.82, 2.24) is 9.88 Å². The van der Waals surface area contributed by atoms with Gasteiger partial charge < -0.3 is 19.7 Å². The molecule has 1 saturated heterocycles. The molecule has 1 aliphatic heterocycles. The Labute approximate surface area is 182 Å². The quantitative estimate of drug-likeness (QED) is 0.538. The first-order valence-electron chi connectivity index (χ1n) is 10.2. The lowest BCUT2D eigenvalue weighted by Crippen LogP contribution is -2.34. The Morgan fingerprint density at radius 2 is 1.94 bits per heavy atom. The highest BCUT2D eigenvalue weighted by atomic mass is 19.1. The van der Waals surface area contributed by atoms with Crippen LogP contribution in [0.2, 0.25) is 0 Å². The van der Waals surface area contributed by atoms with Crippen molar-refractivity contribution >= 4 is 12.2 Å². The summed E-state index contributed by atoms with van der Waals surface area (Å²) in [6, 6.07) is 9.92. The van der Waals surface area contributed by atoms with Crippen molar-refractivity contribution < 1.29 is 27.5 Å². The lowest BCUT2D eigenvalue weighted by Gasteiger charge is -2.19. The molecule has 0 saturated carbocycles. The van der Waals surface area contributed by atoms with Crippen LogP contribution in [0.3, 0.4) is 0 Å². The van der Waals surface area contributed by atoms with Crippen LogP contribution in [0.1, 0.15) is 23.3 Å². The summed E-state index contributed by atoms with van der Waals surface area (Å²) in [5.74, 6) is -2.41. The van der Waals surface area contributed by atoms with Gasteiger partial charge in [-0.1, -0.05) is 6.07 Å². The molecule has 4 rings (SSSR count). The van der Waals surface area contributed by atoms with E-state index < -0.39 is 23.1 Å². The molecule has 1 aromatic heterocycles. The molecule has 3 aromatic rings. The van der Waals surface area contributed by atoms with Gasteiger partial charge in [-0.2, -0.15) is 0 Å². The maximum absolute atomic E-state index is 14.1. The Kier molecular flexibility index (Phi) is 6.27. The Bertz CT molecular complexity index is 1110. The van der Waals surface area contributed by atoms with Gasteiger partial charge in [0.1, 0.15) is 35.8 Å². The normalized spacial score (nSPS) is 16.2. The van der Waals surface area contributed by atoms with Crippen LogP contribution in [0.15, 0.2) is 46.9 Å². The number of hydrogen-bond acceptors (Lipinski definition) is 6. The molecule has 0 radical (unpaired) electrons. The molecule has 2 N–H and O–H groups in total. The molecule has 1 atom stereocenters. The van der Waals surface area contributed by atoms with Crippen LogP contribution in [-0.4, -0.2) is 47.8 Å².